The molecule has 5 nitrogen and oxygen atoms in total. The predicted molar refractivity (Wildman–Crippen MR) is 84.7 cm³/mol. The smallest absolute Gasteiger partial charge is 0.119 e. The number of hydrogen-bond acceptors (Lipinski definition) is 4. The Labute approximate surface area is 130 Å². The predicted octanol–water partition coefficient (Wildman–Crippen LogP) is 2.18. The van der Waals surface area contributed by atoms with Crippen molar-refractivity contribution in [3.8, 4) is 5.75 Å². The Morgan fingerprint density at radius 3 is 2.71 bits per heavy atom. The van der Waals surface area contributed by atoms with Crippen molar-refractivity contribution >= 4 is 11.6 Å². The second kappa shape index (κ2) is 7.45. The van der Waals surface area contributed by atoms with E-state index >= 15 is 0 Å². The molecule has 0 spiro atoms. The third-order valence-corrected chi connectivity index (χ3v) is 3.41. The van der Waals surface area contributed by atoms with Crippen molar-refractivity contribution in [3.05, 3.63) is 47.2 Å². The summed E-state index contributed by atoms with van der Waals surface area (Å²) in [6.45, 7) is 1.97. The van der Waals surface area contributed by atoms with Crippen LogP contribution in [0.3, 0.4) is 0 Å². The third kappa shape index (κ3) is 4.46. The molecule has 0 aliphatic heterocycles. The van der Waals surface area contributed by atoms with E-state index in [1.54, 1.807) is 6.20 Å². The third-order valence-electron chi connectivity index (χ3n) is 3.12. The van der Waals surface area contributed by atoms with E-state index in [-0.39, 0.29) is 6.04 Å². The number of benzene rings is 1. The van der Waals surface area contributed by atoms with Crippen LogP contribution in [0.15, 0.2) is 36.5 Å². The fourth-order valence-corrected chi connectivity index (χ4v) is 2.28. The maximum Gasteiger partial charge on any atom is 0.119 e. The Balaban J connectivity index is 2.01. The molecular weight excluding hydrogens is 288 g/mol. The van der Waals surface area contributed by atoms with Gasteiger partial charge in [-0.2, -0.15) is 5.10 Å². The number of nitrogens with zero attached hydrogens (tertiary/aromatic N) is 3. The van der Waals surface area contributed by atoms with E-state index in [9.17, 15) is 0 Å². The first-order valence-electron chi connectivity index (χ1n) is 6.87. The molecule has 0 saturated heterocycles. The van der Waals surface area contributed by atoms with Gasteiger partial charge in [0.1, 0.15) is 12.4 Å². The SMILES string of the molecule is CN(C)CCn1ncc(Cl)c1C(N)COc1ccccc1. The van der Waals surface area contributed by atoms with Crippen molar-refractivity contribution < 1.29 is 4.74 Å². The Morgan fingerprint density at radius 2 is 2.05 bits per heavy atom. The van der Waals surface area contributed by atoms with Gasteiger partial charge in [-0.3, -0.25) is 4.68 Å². The number of halogens is 1. The Hall–Kier alpha value is -1.56. The molecule has 2 rings (SSSR count). The normalized spacial score (nSPS) is 12.6. The van der Waals surface area contributed by atoms with Crippen LogP contribution in [0.2, 0.25) is 5.02 Å². The lowest BCUT2D eigenvalue weighted by Gasteiger charge is -2.17. The van der Waals surface area contributed by atoms with Gasteiger partial charge in [0.05, 0.1) is 29.5 Å². The Morgan fingerprint density at radius 1 is 1.33 bits per heavy atom. The monoisotopic (exact) mass is 308 g/mol. The fraction of sp³-hybridized carbons (Fsp3) is 0.400. The number of ether oxygens (including phenoxy) is 1. The maximum atomic E-state index is 6.21. The van der Waals surface area contributed by atoms with Crippen molar-refractivity contribution in [2.24, 2.45) is 5.73 Å². The largest absolute Gasteiger partial charge is 0.492 e. The number of rotatable bonds is 7. The lowest BCUT2D eigenvalue weighted by atomic mass is 10.2. The minimum atomic E-state index is -0.317. The molecule has 0 aliphatic carbocycles. The molecule has 0 fully saturated rings. The molecule has 2 aromatic rings. The van der Waals surface area contributed by atoms with Gasteiger partial charge in [-0.1, -0.05) is 29.8 Å². The Bertz CT molecular complexity index is 556. The zero-order valence-electron chi connectivity index (χ0n) is 12.4. The summed E-state index contributed by atoms with van der Waals surface area (Å²) < 4.78 is 7.54. The summed E-state index contributed by atoms with van der Waals surface area (Å²) in [5.74, 6) is 0.795. The van der Waals surface area contributed by atoms with Gasteiger partial charge < -0.3 is 15.4 Å². The van der Waals surface area contributed by atoms with Crippen LogP contribution in [-0.2, 0) is 6.54 Å². The molecule has 2 N–H and O–H groups in total. The van der Waals surface area contributed by atoms with Crippen LogP contribution < -0.4 is 10.5 Å². The molecule has 1 unspecified atom stereocenters. The first-order chi connectivity index (χ1) is 10.1. The van der Waals surface area contributed by atoms with Crippen LogP contribution in [0.1, 0.15) is 11.7 Å². The molecule has 1 heterocycles. The molecule has 1 aromatic heterocycles. The molecule has 6 heteroatoms. The summed E-state index contributed by atoms with van der Waals surface area (Å²) in [5.41, 5.74) is 7.03. The highest BCUT2D eigenvalue weighted by molar-refractivity contribution is 6.31. The van der Waals surface area contributed by atoms with Crippen molar-refractivity contribution in [1.29, 1.82) is 0 Å². The van der Waals surface area contributed by atoms with Gasteiger partial charge in [0.15, 0.2) is 0 Å². The van der Waals surface area contributed by atoms with Crippen LogP contribution in [0.5, 0.6) is 5.75 Å². The summed E-state index contributed by atoms with van der Waals surface area (Å²) >= 11 is 6.20. The molecule has 114 valence electrons. The van der Waals surface area contributed by atoms with Gasteiger partial charge in [-0.15, -0.1) is 0 Å². The molecule has 21 heavy (non-hydrogen) atoms. The van der Waals surface area contributed by atoms with E-state index in [1.165, 1.54) is 0 Å². The lowest BCUT2D eigenvalue weighted by Crippen LogP contribution is -2.26. The van der Waals surface area contributed by atoms with E-state index in [1.807, 2.05) is 49.1 Å². The first-order valence-corrected chi connectivity index (χ1v) is 7.25. The van der Waals surface area contributed by atoms with Gasteiger partial charge in [0, 0.05) is 6.54 Å². The summed E-state index contributed by atoms with van der Waals surface area (Å²) in [5, 5.41) is 4.87. The first kappa shape index (κ1) is 15.8. The van der Waals surface area contributed by atoms with Gasteiger partial charge in [-0.25, -0.2) is 0 Å². The molecule has 0 amide bonds. The summed E-state index contributed by atoms with van der Waals surface area (Å²) in [6.07, 6.45) is 1.63. The standard InChI is InChI=1S/C15H21ClN4O/c1-19(2)8-9-20-15(13(16)10-18-20)14(17)11-21-12-6-4-3-5-7-12/h3-7,10,14H,8-9,11,17H2,1-2H3. The van der Waals surface area contributed by atoms with Crippen molar-refractivity contribution in [2.75, 3.05) is 27.2 Å². The average Bonchev–Trinajstić information content (AvgIpc) is 2.85. The highest BCUT2D eigenvalue weighted by Gasteiger charge is 2.17. The van der Waals surface area contributed by atoms with Crippen LogP contribution in [0, 0.1) is 0 Å². The van der Waals surface area contributed by atoms with E-state index in [0.717, 1.165) is 24.5 Å². The molecule has 0 saturated carbocycles. The molecule has 1 atom stereocenters. The molecule has 0 aliphatic rings. The number of nitrogens with two attached hydrogens (primary N) is 1. The van der Waals surface area contributed by atoms with E-state index in [4.69, 9.17) is 22.1 Å². The number of hydrogen-bond donors (Lipinski definition) is 1. The molecule has 0 radical (unpaired) electrons. The highest BCUT2D eigenvalue weighted by Crippen LogP contribution is 2.22. The lowest BCUT2D eigenvalue weighted by molar-refractivity contribution is 0.281. The van der Waals surface area contributed by atoms with Crippen LogP contribution in [-0.4, -0.2) is 41.9 Å². The van der Waals surface area contributed by atoms with Crippen LogP contribution in [0.4, 0.5) is 0 Å². The van der Waals surface area contributed by atoms with E-state index < -0.39 is 0 Å². The van der Waals surface area contributed by atoms with Gasteiger partial charge in [0.25, 0.3) is 0 Å². The van der Waals surface area contributed by atoms with Gasteiger partial charge >= 0.3 is 0 Å². The van der Waals surface area contributed by atoms with Crippen molar-refractivity contribution in [3.63, 3.8) is 0 Å². The summed E-state index contributed by atoms with van der Waals surface area (Å²) in [6, 6.07) is 9.28. The number of para-hydroxylation sites is 1. The second-order valence-corrected chi connectivity index (χ2v) is 5.54. The molecule has 0 bridgehead atoms. The van der Waals surface area contributed by atoms with Crippen LogP contribution >= 0.6 is 11.6 Å². The zero-order chi connectivity index (χ0) is 15.2. The summed E-state index contributed by atoms with van der Waals surface area (Å²) in [7, 11) is 4.03. The topological polar surface area (TPSA) is 56.3 Å². The minimum Gasteiger partial charge on any atom is -0.492 e. The van der Waals surface area contributed by atoms with Crippen molar-refractivity contribution in [1.82, 2.24) is 14.7 Å². The van der Waals surface area contributed by atoms with E-state index in [0.29, 0.717) is 11.6 Å². The number of aromatic nitrogens is 2. The van der Waals surface area contributed by atoms with Gasteiger partial charge in [-0.05, 0) is 26.2 Å². The Kier molecular flexibility index (Phi) is 5.61. The molecule has 1 aromatic carbocycles. The average molecular weight is 309 g/mol. The minimum absolute atomic E-state index is 0.317. The van der Waals surface area contributed by atoms with E-state index in [2.05, 4.69) is 10.00 Å². The fourth-order valence-electron chi connectivity index (χ4n) is 2.00. The second-order valence-electron chi connectivity index (χ2n) is 5.13. The zero-order valence-corrected chi connectivity index (χ0v) is 13.1. The number of likely N-dealkylation sites (N-methyl/N-ethyl adjacent to an activating group) is 1. The highest BCUT2D eigenvalue weighted by atomic mass is 35.5. The van der Waals surface area contributed by atoms with Crippen molar-refractivity contribution in [2.45, 2.75) is 12.6 Å². The molecular formula is C15H21ClN4O. The summed E-state index contributed by atoms with van der Waals surface area (Å²) in [4.78, 5) is 2.09. The quantitative estimate of drug-likeness (QED) is 0.852. The van der Waals surface area contributed by atoms with Gasteiger partial charge in [0.2, 0.25) is 0 Å². The van der Waals surface area contributed by atoms with Crippen LogP contribution in [0.25, 0.3) is 0 Å². The maximum absolute atomic E-state index is 6.21.